The highest BCUT2D eigenvalue weighted by Gasteiger charge is 2.22. The fraction of sp³-hybridized carbons (Fsp3) is 0.286. The van der Waals surface area contributed by atoms with Gasteiger partial charge in [0.2, 0.25) is 0 Å². The third kappa shape index (κ3) is 4.20. The summed E-state index contributed by atoms with van der Waals surface area (Å²) >= 11 is 0. The van der Waals surface area contributed by atoms with Crippen molar-refractivity contribution in [2.24, 2.45) is 0 Å². The van der Waals surface area contributed by atoms with Gasteiger partial charge in [0, 0.05) is 44.0 Å². The number of hydrogen-bond acceptors (Lipinski definition) is 6. The van der Waals surface area contributed by atoms with Crippen molar-refractivity contribution in [1.82, 2.24) is 9.55 Å². The minimum absolute atomic E-state index is 0.0000703. The summed E-state index contributed by atoms with van der Waals surface area (Å²) in [5.41, 5.74) is 2.36. The Balaban J connectivity index is 2.01. The number of aliphatic hydroxyl groups is 1. The van der Waals surface area contributed by atoms with Crippen molar-refractivity contribution in [3.05, 3.63) is 48.9 Å². The smallest absolute Gasteiger partial charge is 0.133 e. The lowest BCUT2D eigenvalue weighted by atomic mass is 10.0. The molecule has 148 valence electrons. The van der Waals surface area contributed by atoms with Crippen LogP contribution in [0.25, 0.3) is 16.9 Å². The SMILES string of the molecule is CNc1ccc(O)cc1-n1cnc(-c2ccc(O)cc2OC(C)(C)CCO)c1. The summed E-state index contributed by atoms with van der Waals surface area (Å²) in [5, 5.41) is 32.1. The number of benzene rings is 2. The Kier molecular flexibility index (Phi) is 5.46. The second kappa shape index (κ2) is 7.82. The maximum atomic E-state index is 9.90. The van der Waals surface area contributed by atoms with Gasteiger partial charge >= 0.3 is 0 Å². The predicted octanol–water partition coefficient (Wildman–Crippen LogP) is 3.53. The molecule has 0 atom stereocenters. The van der Waals surface area contributed by atoms with Gasteiger partial charge in [-0.3, -0.25) is 0 Å². The van der Waals surface area contributed by atoms with Crippen LogP contribution < -0.4 is 10.1 Å². The zero-order valence-corrected chi connectivity index (χ0v) is 16.2. The maximum Gasteiger partial charge on any atom is 0.133 e. The molecular formula is C21H25N3O4. The highest BCUT2D eigenvalue weighted by molar-refractivity contribution is 5.70. The van der Waals surface area contributed by atoms with E-state index in [2.05, 4.69) is 10.3 Å². The summed E-state index contributed by atoms with van der Waals surface area (Å²) in [6.07, 6.45) is 3.93. The molecule has 3 rings (SSSR count). The van der Waals surface area contributed by atoms with Gasteiger partial charge in [-0.1, -0.05) is 0 Å². The zero-order valence-electron chi connectivity index (χ0n) is 16.2. The second-order valence-corrected chi connectivity index (χ2v) is 7.13. The van der Waals surface area contributed by atoms with Crippen LogP contribution in [-0.4, -0.2) is 44.1 Å². The molecule has 0 saturated heterocycles. The molecule has 28 heavy (non-hydrogen) atoms. The molecular weight excluding hydrogens is 358 g/mol. The summed E-state index contributed by atoms with van der Waals surface area (Å²) < 4.78 is 7.87. The molecule has 0 bridgehead atoms. The van der Waals surface area contributed by atoms with Gasteiger partial charge in [0.15, 0.2) is 0 Å². The largest absolute Gasteiger partial charge is 0.508 e. The van der Waals surface area contributed by atoms with Gasteiger partial charge < -0.3 is 29.9 Å². The van der Waals surface area contributed by atoms with E-state index in [9.17, 15) is 15.3 Å². The molecule has 7 nitrogen and oxygen atoms in total. The molecule has 0 amide bonds. The van der Waals surface area contributed by atoms with Crippen molar-refractivity contribution >= 4 is 5.69 Å². The Morgan fingerprint density at radius 2 is 1.82 bits per heavy atom. The number of anilines is 1. The lowest BCUT2D eigenvalue weighted by molar-refractivity contribution is 0.0769. The summed E-state index contributed by atoms with van der Waals surface area (Å²) in [5.74, 6) is 0.723. The lowest BCUT2D eigenvalue weighted by Gasteiger charge is -2.27. The fourth-order valence-electron chi connectivity index (χ4n) is 2.96. The monoisotopic (exact) mass is 383 g/mol. The molecule has 4 N–H and O–H groups in total. The Hall–Kier alpha value is -3.19. The van der Waals surface area contributed by atoms with Crippen LogP contribution in [0.5, 0.6) is 17.2 Å². The molecule has 1 aromatic heterocycles. The van der Waals surface area contributed by atoms with E-state index in [1.807, 2.05) is 27.1 Å². The van der Waals surface area contributed by atoms with Crippen LogP contribution in [0.2, 0.25) is 0 Å². The van der Waals surface area contributed by atoms with Crippen LogP contribution in [0.15, 0.2) is 48.9 Å². The first-order valence-electron chi connectivity index (χ1n) is 9.01. The molecule has 2 aromatic carbocycles. The third-order valence-corrected chi connectivity index (χ3v) is 4.45. The summed E-state index contributed by atoms with van der Waals surface area (Å²) in [4.78, 5) is 4.48. The number of aromatic nitrogens is 2. The van der Waals surface area contributed by atoms with Crippen LogP contribution in [0.3, 0.4) is 0 Å². The van der Waals surface area contributed by atoms with Crippen LogP contribution >= 0.6 is 0 Å². The highest BCUT2D eigenvalue weighted by Crippen LogP contribution is 2.36. The van der Waals surface area contributed by atoms with E-state index in [-0.39, 0.29) is 18.1 Å². The Morgan fingerprint density at radius 3 is 2.54 bits per heavy atom. The molecule has 0 aliphatic rings. The number of nitrogens with one attached hydrogen (secondary N) is 1. The van der Waals surface area contributed by atoms with Crippen molar-refractivity contribution in [3.63, 3.8) is 0 Å². The van der Waals surface area contributed by atoms with Gasteiger partial charge in [0.1, 0.15) is 22.8 Å². The molecule has 0 radical (unpaired) electrons. The molecule has 0 saturated carbocycles. The van der Waals surface area contributed by atoms with Gasteiger partial charge in [-0.2, -0.15) is 0 Å². The van der Waals surface area contributed by atoms with E-state index in [1.54, 1.807) is 47.3 Å². The van der Waals surface area contributed by atoms with Gasteiger partial charge in [-0.05, 0) is 38.1 Å². The minimum Gasteiger partial charge on any atom is -0.508 e. The quantitative estimate of drug-likeness (QED) is 0.466. The van der Waals surface area contributed by atoms with E-state index < -0.39 is 5.60 Å². The molecule has 0 unspecified atom stereocenters. The van der Waals surface area contributed by atoms with E-state index in [4.69, 9.17) is 4.74 Å². The number of aromatic hydroxyl groups is 2. The predicted molar refractivity (Wildman–Crippen MR) is 108 cm³/mol. The average molecular weight is 383 g/mol. The number of phenols is 2. The van der Waals surface area contributed by atoms with E-state index in [0.717, 1.165) is 11.4 Å². The molecule has 1 heterocycles. The molecule has 3 aromatic rings. The van der Waals surface area contributed by atoms with Crippen molar-refractivity contribution in [3.8, 4) is 34.2 Å². The molecule has 7 heteroatoms. The first-order chi connectivity index (χ1) is 13.3. The van der Waals surface area contributed by atoms with Crippen LogP contribution in [0, 0.1) is 0 Å². The Morgan fingerprint density at radius 1 is 1.11 bits per heavy atom. The normalized spacial score (nSPS) is 11.4. The van der Waals surface area contributed by atoms with E-state index in [0.29, 0.717) is 23.4 Å². The van der Waals surface area contributed by atoms with Crippen LogP contribution in [0.1, 0.15) is 20.3 Å². The van der Waals surface area contributed by atoms with Gasteiger partial charge in [-0.25, -0.2) is 4.98 Å². The third-order valence-electron chi connectivity index (χ3n) is 4.45. The topological polar surface area (TPSA) is 99.8 Å². The maximum absolute atomic E-state index is 9.90. The van der Waals surface area contributed by atoms with Crippen LogP contribution in [-0.2, 0) is 0 Å². The fourth-order valence-corrected chi connectivity index (χ4v) is 2.96. The zero-order chi connectivity index (χ0) is 20.3. The average Bonchev–Trinajstić information content (AvgIpc) is 3.11. The number of imidazole rings is 1. The van der Waals surface area contributed by atoms with Gasteiger partial charge in [0.05, 0.1) is 23.4 Å². The minimum atomic E-state index is -0.607. The first kappa shape index (κ1) is 19.6. The molecule has 0 aliphatic heterocycles. The highest BCUT2D eigenvalue weighted by atomic mass is 16.5. The number of hydrogen-bond donors (Lipinski definition) is 4. The second-order valence-electron chi connectivity index (χ2n) is 7.13. The molecule has 0 aliphatic carbocycles. The van der Waals surface area contributed by atoms with E-state index >= 15 is 0 Å². The number of aliphatic hydroxyl groups excluding tert-OH is 1. The van der Waals surface area contributed by atoms with Crippen molar-refractivity contribution in [1.29, 1.82) is 0 Å². The van der Waals surface area contributed by atoms with Crippen LogP contribution in [0.4, 0.5) is 5.69 Å². The number of nitrogens with zero attached hydrogens (tertiary/aromatic N) is 2. The number of rotatable bonds is 7. The van der Waals surface area contributed by atoms with Crippen molar-refractivity contribution in [2.45, 2.75) is 25.9 Å². The summed E-state index contributed by atoms with van der Waals surface area (Å²) in [7, 11) is 1.81. The van der Waals surface area contributed by atoms with Crippen molar-refractivity contribution < 1.29 is 20.1 Å². The summed E-state index contributed by atoms with van der Waals surface area (Å²) in [6.45, 7) is 3.75. The first-order valence-corrected chi connectivity index (χ1v) is 9.01. The van der Waals surface area contributed by atoms with E-state index in [1.165, 1.54) is 0 Å². The standard InChI is InChI=1S/C21H25N3O4/c1-21(2,8-9-25)28-20-11-15(27)4-6-16(20)18-12-24(13-23-18)19-10-14(26)5-7-17(19)22-3/h4-7,10-13,22,25-27H,8-9H2,1-3H3. The Labute approximate surface area is 163 Å². The van der Waals surface area contributed by atoms with Crippen molar-refractivity contribution in [2.75, 3.05) is 19.0 Å². The number of ether oxygens (including phenoxy) is 1. The summed E-state index contributed by atoms with van der Waals surface area (Å²) in [6, 6.07) is 9.91. The molecule has 0 fully saturated rings. The number of phenolic OH excluding ortho intramolecular Hbond substituents is 2. The van der Waals surface area contributed by atoms with Gasteiger partial charge in [-0.15, -0.1) is 0 Å². The Bertz CT molecular complexity index is 966. The molecule has 0 spiro atoms. The van der Waals surface area contributed by atoms with Gasteiger partial charge in [0.25, 0.3) is 0 Å². The lowest BCUT2D eigenvalue weighted by Crippen LogP contribution is -2.29.